The molecule has 2 amide bonds. The van der Waals surface area contributed by atoms with E-state index in [0.717, 1.165) is 37.0 Å². The summed E-state index contributed by atoms with van der Waals surface area (Å²) in [4.78, 5) is 37.4. The topological polar surface area (TPSA) is 86.7 Å². The molecule has 1 aliphatic carbocycles. The van der Waals surface area contributed by atoms with Crippen LogP contribution in [0.3, 0.4) is 0 Å². The second kappa shape index (κ2) is 5.48. The van der Waals surface area contributed by atoms with Gasteiger partial charge in [0.2, 0.25) is 5.91 Å². The molecule has 2 fully saturated rings. The Kier molecular flexibility index (Phi) is 3.67. The number of carbonyl (C=O) groups is 3. The van der Waals surface area contributed by atoms with E-state index >= 15 is 0 Å². The van der Waals surface area contributed by atoms with Crippen LogP contribution in [-0.4, -0.2) is 46.4 Å². The van der Waals surface area contributed by atoms with Gasteiger partial charge in [0, 0.05) is 6.04 Å². The molecule has 0 unspecified atom stereocenters. The van der Waals surface area contributed by atoms with E-state index in [1.165, 1.54) is 12.1 Å². The van der Waals surface area contributed by atoms with Crippen LogP contribution in [0.25, 0.3) is 0 Å². The molecule has 1 aromatic rings. The number of thiophene rings is 1. The van der Waals surface area contributed by atoms with Crippen LogP contribution >= 0.6 is 11.3 Å². The molecule has 1 saturated carbocycles. The van der Waals surface area contributed by atoms with E-state index in [1.54, 1.807) is 4.90 Å². The molecular weight excluding hydrogens is 292 g/mol. The molecular formula is C14H16N2O4S. The number of hydrogen-bond acceptors (Lipinski definition) is 4. The van der Waals surface area contributed by atoms with Crippen molar-refractivity contribution in [3.63, 3.8) is 0 Å². The highest BCUT2D eigenvalue weighted by Gasteiger charge is 2.39. The number of nitrogens with zero attached hydrogens (tertiary/aromatic N) is 1. The Labute approximate surface area is 125 Å². The van der Waals surface area contributed by atoms with Gasteiger partial charge in [0.15, 0.2) is 0 Å². The number of rotatable bonds is 2. The second-order valence-electron chi connectivity index (χ2n) is 5.43. The lowest BCUT2D eigenvalue weighted by atomic mass is 9.87. The first-order chi connectivity index (χ1) is 10.1. The first-order valence-corrected chi connectivity index (χ1v) is 7.81. The third-order valence-corrected chi connectivity index (χ3v) is 5.14. The number of fused-ring (bicyclic) bond motifs is 1. The monoisotopic (exact) mass is 308 g/mol. The Morgan fingerprint density at radius 3 is 2.67 bits per heavy atom. The van der Waals surface area contributed by atoms with Crippen molar-refractivity contribution in [1.29, 1.82) is 0 Å². The van der Waals surface area contributed by atoms with Gasteiger partial charge in [-0.2, -0.15) is 0 Å². The lowest BCUT2D eigenvalue weighted by molar-refractivity contribution is -0.127. The molecule has 3 rings (SSSR count). The van der Waals surface area contributed by atoms with E-state index in [4.69, 9.17) is 5.11 Å². The normalized spacial score (nSPS) is 25.1. The van der Waals surface area contributed by atoms with Gasteiger partial charge >= 0.3 is 5.97 Å². The average Bonchev–Trinajstić information content (AvgIpc) is 2.95. The molecule has 1 saturated heterocycles. The fraction of sp³-hybridized carbons (Fsp3) is 0.500. The Hall–Kier alpha value is -1.89. The number of carboxylic acids is 1. The van der Waals surface area contributed by atoms with Gasteiger partial charge in [-0.3, -0.25) is 9.59 Å². The van der Waals surface area contributed by atoms with E-state index < -0.39 is 5.97 Å². The van der Waals surface area contributed by atoms with E-state index in [-0.39, 0.29) is 35.3 Å². The zero-order valence-corrected chi connectivity index (χ0v) is 12.2. The largest absolute Gasteiger partial charge is 0.477 e. The lowest BCUT2D eigenvalue weighted by Gasteiger charge is -2.43. The molecule has 0 spiro atoms. The summed E-state index contributed by atoms with van der Waals surface area (Å²) in [6, 6.07) is 3.02. The number of hydrogen-bond donors (Lipinski definition) is 2. The summed E-state index contributed by atoms with van der Waals surface area (Å²) in [5.74, 6) is -1.41. The van der Waals surface area contributed by atoms with Gasteiger partial charge in [0.05, 0.1) is 10.9 Å². The van der Waals surface area contributed by atoms with E-state index in [9.17, 15) is 14.4 Å². The molecule has 2 aliphatic rings. The molecule has 0 aromatic carbocycles. The van der Waals surface area contributed by atoms with Crippen molar-refractivity contribution in [2.75, 3.05) is 6.54 Å². The molecule has 21 heavy (non-hydrogen) atoms. The van der Waals surface area contributed by atoms with Crippen molar-refractivity contribution in [2.24, 2.45) is 0 Å². The van der Waals surface area contributed by atoms with Gasteiger partial charge < -0.3 is 15.3 Å². The van der Waals surface area contributed by atoms with E-state index in [2.05, 4.69) is 5.32 Å². The Morgan fingerprint density at radius 1 is 1.24 bits per heavy atom. The number of nitrogens with one attached hydrogen (secondary N) is 1. The summed E-state index contributed by atoms with van der Waals surface area (Å²) >= 11 is 0.961. The molecule has 0 radical (unpaired) electrons. The van der Waals surface area contributed by atoms with Gasteiger partial charge in [-0.15, -0.1) is 11.3 Å². The summed E-state index contributed by atoms with van der Waals surface area (Å²) in [6.45, 7) is 0.0559. The number of carbonyl (C=O) groups excluding carboxylic acids is 2. The van der Waals surface area contributed by atoms with Gasteiger partial charge in [-0.1, -0.05) is 12.8 Å². The highest BCUT2D eigenvalue weighted by atomic mass is 32.1. The lowest BCUT2D eigenvalue weighted by Crippen LogP contribution is -2.62. The van der Waals surface area contributed by atoms with Crippen LogP contribution in [-0.2, 0) is 4.79 Å². The molecule has 6 nitrogen and oxygen atoms in total. The zero-order valence-electron chi connectivity index (χ0n) is 11.4. The Morgan fingerprint density at radius 2 is 1.95 bits per heavy atom. The molecule has 2 N–H and O–H groups in total. The second-order valence-corrected chi connectivity index (χ2v) is 6.51. The van der Waals surface area contributed by atoms with Crippen molar-refractivity contribution in [1.82, 2.24) is 10.2 Å². The predicted molar refractivity (Wildman–Crippen MR) is 76.5 cm³/mol. The summed E-state index contributed by atoms with van der Waals surface area (Å²) < 4.78 is 0. The third kappa shape index (κ3) is 2.65. The number of amides is 2. The van der Waals surface area contributed by atoms with Crippen LogP contribution in [0.5, 0.6) is 0 Å². The molecule has 2 atom stereocenters. The summed E-state index contributed by atoms with van der Waals surface area (Å²) in [5.41, 5.74) is 0. The summed E-state index contributed by atoms with van der Waals surface area (Å²) in [5, 5.41) is 11.9. The van der Waals surface area contributed by atoms with E-state index in [1.807, 2.05) is 0 Å². The summed E-state index contributed by atoms with van der Waals surface area (Å²) in [6.07, 6.45) is 3.89. The van der Waals surface area contributed by atoms with Crippen LogP contribution in [0.15, 0.2) is 12.1 Å². The van der Waals surface area contributed by atoms with Crippen LogP contribution in [0, 0.1) is 0 Å². The SMILES string of the molecule is O=C1CN(C(=O)c2ccc(C(=O)O)s2)[C@H]2CCCC[C@H]2N1. The zero-order chi connectivity index (χ0) is 15.0. The fourth-order valence-corrected chi connectivity index (χ4v) is 3.91. The van der Waals surface area contributed by atoms with Crippen LogP contribution in [0.4, 0.5) is 0 Å². The molecule has 0 bridgehead atoms. The molecule has 1 aliphatic heterocycles. The number of piperazine rings is 1. The van der Waals surface area contributed by atoms with Gasteiger partial charge in [0.25, 0.3) is 5.91 Å². The minimum Gasteiger partial charge on any atom is -0.477 e. The Bertz CT molecular complexity index is 598. The number of aromatic carboxylic acids is 1. The van der Waals surface area contributed by atoms with Crippen molar-refractivity contribution in [3.8, 4) is 0 Å². The minimum atomic E-state index is -1.04. The van der Waals surface area contributed by atoms with Crippen molar-refractivity contribution in [2.45, 2.75) is 37.8 Å². The van der Waals surface area contributed by atoms with Crippen LogP contribution in [0.1, 0.15) is 45.0 Å². The maximum absolute atomic E-state index is 12.6. The van der Waals surface area contributed by atoms with Crippen molar-refractivity contribution in [3.05, 3.63) is 21.9 Å². The maximum atomic E-state index is 12.6. The predicted octanol–water partition coefficient (Wildman–Crippen LogP) is 1.33. The van der Waals surface area contributed by atoms with Gasteiger partial charge in [-0.25, -0.2) is 4.79 Å². The van der Waals surface area contributed by atoms with E-state index in [0.29, 0.717) is 4.88 Å². The minimum absolute atomic E-state index is 0.0272. The fourth-order valence-electron chi connectivity index (χ4n) is 3.11. The van der Waals surface area contributed by atoms with Crippen molar-refractivity contribution >= 4 is 29.1 Å². The molecule has 7 heteroatoms. The standard InChI is InChI=1S/C14H16N2O4S/c17-12-7-16(9-4-2-1-3-8(9)15-12)13(18)10-5-6-11(21-10)14(19)20/h5-6,8-9H,1-4,7H2,(H,15,17)(H,19,20)/t8-,9+/m1/s1. The quantitative estimate of drug-likeness (QED) is 0.863. The molecule has 1 aromatic heterocycles. The van der Waals surface area contributed by atoms with Gasteiger partial charge in [-0.05, 0) is 25.0 Å². The highest BCUT2D eigenvalue weighted by Crippen LogP contribution is 2.28. The third-order valence-electron chi connectivity index (χ3n) is 4.08. The Balaban J connectivity index is 1.84. The van der Waals surface area contributed by atoms with Crippen molar-refractivity contribution < 1.29 is 19.5 Å². The smallest absolute Gasteiger partial charge is 0.345 e. The van der Waals surface area contributed by atoms with Crippen LogP contribution < -0.4 is 5.32 Å². The molecule has 112 valence electrons. The highest BCUT2D eigenvalue weighted by molar-refractivity contribution is 7.15. The average molecular weight is 308 g/mol. The summed E-state index contributed by atoms with van der Waals surface area (Å²) in [7, 11) is 0. The first-order valence-electron chi connectivity index (χ1n) is 7.00. The number of carboxylic acid groups (broad SMARTS) is 1. The molecule has 2 heterocycles. The maximum Gasteiger partial charge on any atom is 0.345 e. The van der Waals surface area contributed by atoms with Gasteiger partial charge in [0.1, 0.15) is 11.4 Å². The van der Waals surface area contributed by atoms with Crippen LogP contribution in [0.2, 0.25) is 0 Å². The first kappa shape index (κ1) is 14.1.